The predicted molar refractivity (Wildman–Crippen MR) is 67.7 cm³/mol. The fraction of sp³-hybridized carbons (Fsp3) is 0.231. The first-order chi connectivity index (χ1) is 9.85. The number of benzene rings is 1. The zero-order valence-electron chi connectivity index (χ0n) is 10.8. The number of rotatable bonds is 5. The maximum absolute atomic E-state index is 5.56. The molecule has 3 rings (SSSR count). The van der Waals surface area contributed by atoms with Crippen LogP contribution in [0.1, 0.15) is 18.6 Å². The molecule has 0 aliphatic rings. The van der Waals surface area contributed by atoms with Crippen LogP contribution in [0.5, 0.6) is 5.75 Å². The van der Waals surface area contributed by atoms with Crippen molar-refractivity contribution in [3.63, 3.8) is 0 Å². The van der Waals surface area contributed by atoms with Gasteiger partial charge < -0.3 is 13.7 Å². The lowest BCUT2D eigenvalue weighted by Gasteiger charge is -2.03. The van der Waals surface area contributed by atoms with Crippen LogP contribution in [-0.2, 0) is 13.0 Å². The molecule has 0 fully saturated rings. The Labute approximate surface area is 114 Å². The van der Waals surface area contributed by atoms with Crippen LogP contribution in [0.15, 0.2) is 39.6 Å². The molecule has 3 aromatic rings. The molecule has 20 heavy (non-hydrogen) atoms. The van der Waals surface area contributed by atoms with E-state index >= 15 is 0 Å². The largest absolute Gasteiger partial charge is 0.484 e. The van der Waals surface area contributed by atoms with Gasteiger partial charge in [0, 0.05) is 12.0 Å². The minimum Gasteiger partial charge on any atom is -0.484 e. The molecule has 1 aromatic carbocycles. The second-order valence-electron chi connectivity index (χ2n) is 4.01. The Bertz CT molecular complexity index is 661. The Hall–Kier alpha value is -2.70. The van der Waals surface area contributed by atoms with Gasteiger partial charge in [-0.15, -0.1) is 10.2 Å². The average Bonchev–Trinajstić information content (AvgIpc) is 3.17. The molecule has 7 heteroatoms. The molecule has 0 saturated carbocycles. The summed E-state index contributed by atoms with van der Waals surface area (Å²) >= 11 is 0. The summed E-state index contributed by atoms with van der Waals surface area (Å²) < 4.78 is 15.7. The number of ether oxygens (including phenoxy) is 1. The second kappa shape index (κ2) is 5.52. The van der Waals surface area contributed by atoms with Crippen molar-refractivity contribution in [2.45, 2.75) is 20.0 Å². The van der Waals surface area contributed by atoms with Gasteiger partial charge in [0.25, 0.3) is 5.89 Å². The second-order valence-corrected chi connectivity index (χ2v) is 4.01. The van der Waals surface area contributed by atoms with Gasteiger partial charge >= 0.3 is 0 Å². The maximum Gasteiger partial charge on any atom is 0.264 e. The normalized spacial score (nSPS) is 10.7. The van der Waals surface area contributed by atoms with Crippen LogP contribution in [0.2, 0.25) is 0 Å². The predicted octanol–water partition coefficient (Wildman–Crippen LogP) is 2.26. The van der Waals surface area contributed by atoms with Crippen molar-refractivity contribution >= 4 is 0 Å². The average molecular weight is 272 g/mol. The summed E-state index contributed by atoms with van der Waals surface area (Å²) in [5, 5.41) is 11.3. The van der Waals surface area contributed by atoms with E-state index in [1.54, 1.807) is 0 Å². The molecular formula is C13H12N4O3. The Morgan fingerprint density at radius 1 is 1.20 bits per heavy atom. The summed E-state index contributed by atoms with van der Waals surface area (Å²) in [5.41, 5.74) is 0.834. The van der Waals surface area contributed by atoms with E-state index in [2.05, 4.69) is 20.3 Å². The summed E-state index contributed by atoms with van der Waals surface area (Å²) in [4.78, 5) is 4.17. The molecule has 7 nitrogen and oxygen atoms in total. The molecule has 0 unspecified atom stereocenters. The fourth-order valence-electron chi connectivity index (χ4n) is 1.63. The summed E-state index contributed by atoms with van der Waals surface area (Å²) in [6.45, 7) is 2.21. The summed E-state index contributed by atoms with van der Waals surface area (Å²) in [6, 6.07) is 7.32. The Morgan fingerprint density at radius 3 is 2.70 bits per heavy atom. The molecule has 0 spiro atoms. The number of hydrogen-bond acceptors (Lipinski definition) is 7. The van der Waals surface area contributed by atoms with Crippen molar-refractivity contribution < 1.29 is 13.7 Å². The molecule has 0 bridgehead atoms. The van der Waals surface area contributed by atoms with E-state index in [1.165, 1.54) is 6.39 Å². The molecule has 2 heterocycles. The van der Waals surface area contributed by atoms with Gasteiger partial charge in [-0.3, -0.25) is 0 Å². The van der Waals surface area contributed by atoms with Crippen LogP contribution in [0.4, 0.5) is 0 Å². The monoisotopic (exact) mass is 272 g/mol. The van der Waals surface area contributed by atoms with Gasteiger partial charge in [-0.1, -0.05) is 12.1 Å². The molecule has 0 N–H and O–H groups in total. The lowest BCUT2D eigenvalue weighted by molar-refractivity contribution is 0.242. The van der Waals surface area contributed by atoms with Gasteiger partial charge in [0.1, 0.15) is 5.75 Å². The summed E-state index contributed by atoms with van der Waals surface area (Å²) in [6.07, 6.45) is 2.03. The van der Waals surface area contributed by atoms with Crippen LogP contribution in [0, 0.1) is 0 Å². The topological polar surface area (TPSA) is 87.1 Å². The van der Waals surface area contributed by atoms with E-state index in [4.69, 9.17) is 13.7 Å². The van der Waals surface area contributed by atoms with Gasteiger partial charge in [-0.25, -0.2) is 0 Å². The van der Waals surface area contributed by atoms with Crippen molar-refractivity contribution in [1.82, 2.24) is 20.3 Å². The highest BCUT2D eigenvalue weighted by molar-refractivity contribution is 5.53. The number of aryl methyl sites for hydroxylation is 1. The molecule has 102 valence electrons. The quantitative estimate of drug-likeness (QED) is 0.703. The van der Waals surface area contributed by atoms with Gasteiger partial charge in [-0.2, -0.15) is 4.98 Å². The highest BCUT2D eigenvalue weighted by atomic mass is 16.5. The SMILES string of the molecule is CCc1noc(COc2ccc(-c3nnco3)cc2)n1. The molecular weight excluding hydrogens is 260 g/mol. The lowest BCUT2D eigenvalue weighted by Crippen LogP contribution is -1.96. The van der Waals surface area contributed by atoms with E-state index in [1.807, 2.05) is 31.2 Å². The van der Waals surface area contributed by atoms with Crippen molar-refractivity contribution in [2.75, 3.05) is 0 Å². The van der Waals surface area contributed by atoms with Gasteiger partial charge in [-0.05, 0) is 24.3 Å². The number of nitrogens with zero attached hydrogens (tertiary/aromatic N) is 4. The summed E-state index contributed by atoms with van der Waals surface area (Å²) in [5.74, 6) is 2.31. The number of aromatic nitrogens is 4. The maximum atomic E-state index is 5.56. The fourth-order valence-corrected chi connectivity index (χ4v) is 1.63. The molecule has 0 aliphatic carbocycles. The van der Waals surface area contributed by atoms with Crippen LogP contribution >= 0.6 is 0 Å². The first-order valence-corrected chi connectivity index (χ1v) is 6.16. The number of hydrogen-bond donors (Lipinski definition) is 0. The van der Waals surface area contributed by atoms with E-state index in [9.17, 15) is 0 Å². The van der Waals surface area contributed by atoms with Crippen LogP contribution < -0.4 is 4.74 Å². The lowest BCUT2D eigenvalue weighted by atomic mass is 10.2. The minimum absolute atomic E-state index is 0.243. The first kappa shape index (κ1) is 12.3. The third kappa shape index (κ3) is 2.66. The van der Waals surface area contributed by atoms with Crippen molar-refractivity contribution in [3.05, 3.63) is 42.4 Å². The Balaban J connectivity index is 1.63. The molecule has 0 aliphatic heterocycles. The highest BCUT2D eigenvalue weighted by Crippen LogP contribution is 2.20. The van der Waals surface area contributed by atoms with Crippen LogP contribution in [0.3, 0.4) is 0 Å². The Kier molecular flexibility index (Phi) is 3.40. The van der Waals surface area contributed by atoms with E-state index in [-0.39, 0.29) is 6.61 Å². The third-order valence-electron chi connectivity index (χ3n) is 2.65. The van der Waals surface area contributed by atoms with Crippen molar-refractivity contribution in [2.24, 2.45) is 0 Å². The molecule has 2 aromatic heterocycles. The van der Waals surface area contributed by atoms with Gasteiger partial charge in [0.15, 0.2) is 12.4 Å². The zero-order chi connectivity index (χ0) is 13.8. The molecule has 0 atom stereocenters. The first-order valence-electron chi connectivity index (χ1n) is 6.16. The minimum atomic E-state index is 0.243. The van der Waals surface area contributed by atoms with Gasteiger partial charge in [0.2, 0.25) is 12.3 Å². The smallest absolute Gasteiger partial charge is 0.264 e. The molecule has 0 radical (unpaired) electrons. The standard InChI is InChI=1S/C13H12N4O3/c1-2-11-15-12(20-17-11)7-18-10-5-3-9(4-6-10)13-16-14-8-19-13/h3-6,8H,2,7H2,1H3. The van der Waals surface area contributed by atoms with Crippen LogP contribution in [-0.4, -0.2) is 20.3 Å². The van der Waals surface area contributed by atoms with E-state index in [0.717, 1.165) is 12.0 Å². The van der Waals surface area contributed by atoms with E-state index in [0.29, 0.717) is 23.4 Å². The molecule has 0 amide bonds. The van der Waals surface area contributed by atoms with Crippen molar-refractivity contribution in [3.8, 4) is 17.2 Å². The van der Waals surface area contributed by atoms with E-state index < -0.39 is 0 Å². The zero-order valence-corrected chi connectivity index (χ0v) is 10.8. The highest BCUT2D eigenvalue weighted by Gasteiger charge is 2.06. The Morgan fingerprint density at radius 2 is 2.05 bits per heavy atom. The summed E-state index contributed by atoms with van der Waals surface area (Å²) in [7, 11) is 0. The van der Waals surface area contributed by atoms with Crippen LogP contribution in [0.25, 0.3) is 11.5 Å². The third-order valence-corrected chi connectivity index (χ3v) is 2.65. The van der Waals surface area contributed by atoms with Crippen molar-refractivity contribution in [1.29, 1.82) is 0 Å². The molecule has 0 saturated heterocycles. The van der Waals surface area contributed by atoms with Gasteiger partial charge in [0.05, 0.1) is 0 Å².